The van der Waals surface area contributed by atoms with E-state index in [9.17, 15) is 4.79 Å². The molecule has 0 bridgehead atoms. The quantitative estimate of drug-likeness (QED) is 0.762. The molecule has 0 fully saturated rings. The molecule has 0 atom stereocenters. The second-order valence-electron chi connectivity index (χ2n) is 4.89. The normalized spacial score (nSPS) is 11.5. The molecule has 1 rings (SSSR count). The van der Waals surface area contributed by atoms with Gasteiger partial charge in [0.1, 0.15) is 0 Å². The van der Waals surface area contributed by atoms with E-state index in [1.165, 1.54) is 0 Å². The van der Waals surface area contributed by atoms with Gasteiger partial charge in [0, 0.05) is 19.3 Å². The number of urea groups is 1. The summed E-state index contributed by atoms with van der Waals surface area (Å²) in [6.07, 6.45) is 1.75. The standard InChI is InChI=1S/C15H23N3O/c1-11(2)12(3)9-17-15(19)18-10-14-6-4-5-13(7-14)8-16/h4-7,9,11H,8,10,16H2,1-3H3,(H2,17,18,19)/b12-9+. The van der Waals surface area contributed by atoms with Gasteiger partial charge in [0.2, 0.25) is 0 Å². The summed E-state index contributed by atoms with van der Waals surface area (Å²) >= 11 is 0. The molecule has 0 radical (unpaired) electrons. The lowest BCUT2D eigenvalue weighted by molar-refractivity contribution is 0.243. The third-order valence-corrected chi connectivity index (χ3v) is 3.02. The van der Waals surface area contributed by atoms with Crippen LogP contribution in [0.2, 0.25) is 0 Å². The van der Waals surface area contributed by atoms with Crippen molar-refractivity contribution in [3.05, 3.63) is 47.2 Å². The molecule has 4 N–H and O–H groups in total. The zero-order chi connectivity index (χ0) is 14.3. The molecule has 0 saturated carbocycles. The maximum atomic E-state index is 11.6. The molecular weight excluding hydrogens is 238 g/mol. The van der Waals surface area contributed by atoms with Gasteiger partial charge in [-0.2, -0.15) is 0 Å². The Balaban J connectivity index is 2.44. The molecule has 4 heteroatoms. The van der Waals surface area contributed by atoms with Crippen molar-refractivity contribution < 1.29 is 4.79 Å². The summed E-state index contributed by atoms with van der Waals surface area (Å²) in [6.45, 7) is 7.17. The number of amides is 2. The third kappa shape index (κ3) is 5.57. The number of hydrogen-bond acceptors (Lipinski definition) is 2. The molecule has 0 unspecified atom stereocenters. The van der Waals surface area contributed by atoms with E-state index in [0.717, 1.165) is 16.7 Å². The summed E-state index contributed by atoms with van der Waals surface area (Å²) in [6, 6.07) is 7.68. The number of rotatable bonds is 5. The first-order valence-electron chi connectivity index (χ1n) is 6.52. The fraction of sp³-hybridized carbons (Fsp3) is 0.400. The number of nitrogens with two attached hydrogens (primary N) is 1. The minimum absolute atomic E-state index is 0.196. The third-order valence-electron chi connectivity index (χ3n) is 3.02. The van der Waals surface area contributed by atoms with E-state index in [1.807, 2.05) is 31.2 Å². The molecule has 2 amide bonds. The van der Waals surface area contributed by atoms with E-state index < -0.39 is 0 Å². The Kier molecular flexibility index (Phi) is 6.09. The Bertz CT molecular complexity index is 452. The van der Waals surface area contributed by atoms with Crippen LogP contribution < -0.4 is 16.4 Å². The fourth-order valence-corrected chi connectivity index (χ4v) is 1.45. The number of carbonyl (C=O) groups excluding carboxylic acids is 1. The highest BCUT2D eigenvalue weighted by Gasteiger charge is 2.01. The van der Waals surface area contributed by atoms with Crippen LogP contribution in [0, 0.1) is 5.92 Å². The Hall–Kier alpha value is -1.81. The van der Waals surface area contributed by atoms with Crippen molar-refractivity contribution in [2.24, 2.45) is 11.7 Å². The molecule has 4 nitrogen and oxygen atoms in total. The summed E-state index contributed by atoms with van der Waals surface area (Å²) in [5.41, 5.74) is 8.82. The molecule has 0 saturated heterocycles. The summed E-state index contributed by atoms with van der Waals surface area (Å²) in [5.74, 6) is 0.432. The van der Waals surface area contributed by atoms with Gasteiger partial charge in [0.05, 0.1) is 0 Å². The number of benzene rings is 1. The highest BCUT2D eigenvalue weighted by molar-refractivity contribution is 5.74. The number of carbonyl (C=O) groups is 1. The summed E-state index contributed by atoms with van der Waals surface area (Å²) < 4.78 is 0. The van der Waals surface area contributed by atoms with Crippen molar-refractivity contribution in [2.75, 3.05) is 0 Å². The minimum atomic E-state index is -0.196. The Labute approximate surface area is 115 Å². The molecule has 0 aliphatic rings. The van der Waals surface area contributed by atoms with Crippen molar-refractivity contribution >= 4 is 6.03 Å². The van der Waals surface area contributed by atoms with Crippen LogP contribution in [0.5, 0.6) is 0 Å². The number of hydrogen-bond donors (Lipinski definition) is 3. The summed E-state index contributed by atoms with van der Waals surface area (Å²) in [4.78, 5) is 11.6. The monoisotopic (exact) mass is 261 g/mol. The first-order valence-corrected chi connectivity index (χ1v) is 6.52. The molecule has 0 spiro atoms. The SMILES string of the molecule is C/C(=C\NC(=O)NCc1cccc(CN)c1)C(C)C. The molecule has 1 aromatic carbocycles. The fourth-order valence-electron chi connectivity index (χ4n) is 1.45. The van der Waals surface area contributed by atoms with Gasteiger partial charge < -0.3 is 16.4 Å². The Morgan fingerprint density at radius 1 is 1.37 bits per heavy atom. The van der Waals surface area contributed by atoms with Crippen LogP contribution in [0.1, 0.15) is 31.9 Å². The largest absolute Gasteiger partial charge is 0.334 e. The van der Waals surface area contributed by atoms with Gasteiger partial charge in [-0.3, -0.25) is 0 Å². The van der Waals surface area contributed by atoms with E-state index in [-0.39, 0.29) is 6.03 Å². The highest BCUT2D eigenvalue weighted by Crippen LogP contribution is 2.06. The van der Waals surface area contributed by atoms with Crippen molar-refractivity contribution in [3.8, 4) is 0 Å². The van der Waals surface area contributed by atoms with Crippen molar-refractivity contribution in [1.29, 1.82) is 0 Å². The lowest BCUT2D eigenvalue weighted by Gasteiger charge is -2.08. The Morgan fingerprint density at radius 2 is 2.05 bits per heavy atom. The maximum absolute atomic E-state index is 11.6. The van der Waals surface area contributed by atoms with Crippen molar-refractivity contribution in [2.45, 2.75) is 33.9 Å². The Morgan fingerprint density at radius 3 is 2.68 bits per heavy atom. The van der Waals surface area contributed by atoms with Crippen molar-refractivity contribution in [1.82, 2.24) is 10.6 Å². The average molecular weight is 261 g/mol. The van der Waals surface area contributed by atoms with E-state index in [1.54, 1.807) is 6.20 Å². The number of nitrogens with one attached hydrogen (secondary N) is 2. The highest BCUT2D eigenvalue weighted by atomic mass is 16.2. The van der Waals surface area contributed by atoms with Gasteiger partial charge in [-0.25, -0.2) is 4.79 Å². The van der Waals surface area contributed by atoms with E-state index >= 15 is 0 Å². The smallest absolute Gasteiger partial charge is 0.319 e. The van der Waals surface area contributed by atoms with Crippen LogP contribution in [0.4, 0.5) is 4.79 Å². The van der Waals surface area contributed by atoms with Gasteiger partial charge >= 0.3 is 6.03 Å². The first kappa shape index (κ1) is 15.2. The van der Waals surface area contributed by atoms with E-state index in [0.29, 0.717) is 19.0 Å². The van der Waals surface area contributed by atoms with Gasteiger partial charge in [-0.05, 0) is 24.0 Å². The molecule has 0 aliphatic carbocycles. The van der Waals surface area contributed by atoms with E-state index in [4.69, 9.17) is 5.73 Å². The molecule has 1 aromatic rings. The summed E-state index contributed by atoms with van der Waals surface area (Å²) in [7, 11) is 0. The molecular formula is C15H23N3O. The van der Waals surface area contributed by atoms with Crippen LogP contribution in [0.25, 0.3) is 0 Å². The van der Waals surface area contributed by atoms with Gasteiger partial charge in [0.25, 0.3) is 0 Å². The second-order valence-corrected chi connectivity index (χ2v) is 4.89. The molecule has 0 aromatic heterocycles. The van der Waals surface area contributed by atoms with Crippen LogP contribution >= 0.6 is 0 Å². The molecule has 104 valence electrons. The minimum Gasteiger partial charge on any atom is -0.334 e. The first-order chi connectivity index (χ1) is 9.02. The topological polar surface area (TPSA) is 67.2 Å². The van der Waals surface area contributed by atoms with E-state index in [2.05, 4.69) is 24.5 Å². The summed E-state index contributed by atoms with van der Waals surface area (Å²) in [5, 5.41) is 5.53. The predicted octanol–water partition coefficient (Wildman–Crippen LogP) is 2.50. The van der Waals surface area contributed by atoms with Crippen LogP contribution in [-0.4, -0.2) is 6.03 Å². The van der Waals surface area contributed by atoms with Gasteiger partial charge in [-0.15, -0.1) is 0 Å². The average Bonchev–Trinajstić information content (AvgIpc) is 2.42. The van der Waals surface area contributed by atoms with Gasteiger partial charge in [-0.1, -0.05) is 43.7 Å². The zero-order valence-electron chi connectivity index (χ0n) is 11.9. The number of allylic oxidation sites excluding steroid dienone is 1. The van der Waals surface area contributed by atoms with Crippen molar-refractivity contribution in [3.63, 3.8) is 0 Å². The van der Waals surface area contributed by atoms with Crippen LogP contribution in [-0.2, 0) is 13.1 Å². The van der Waals surface area contributed by atoms with Crippen LogP contribution in [0.15, 0.2) is 36.0 Å². The lowest BCUT2D eigenvalue weighted by Crippen LogP contribution is -2.32. The zero-order valence-corrected chi connectivity index (χ0v) is 11.9. The molecule has 0 heterocycles. The van der Waals surface area contributed by atoms with Crippen LogP contribution in [0.3, 0.4) is 0 Å². The van der Waals surface area contributed by atoms with Gasteiger partial charge in [0.15, 0.2) is 0 Å². The lowest BCUT2D eigenvalue weighted by atomic mass is 10.1. The molecule has 19 heavy (non-hydrogen) atoms. The molecule has 0 aliphatic heterocycles. The second kappa shape index (κ2) is 7.59. The predicted molar refractivity (Wildman–Crippen MR) is 78.3 cm³/mol. The maximum Gasteiger partial charge on any atom is 0.319 e.